The molecule has 22 heavy (non-hydrogen) atoms. The van der Waals surface area contributed by atoms with Gasteiger partial charge in [-0.2, -0.15) is 0 Å². The number of hydrogen-bond acceptors (Lipinski definition) is 3. The lowest BCUT2D eigenvalue weighted by atomic mass is 9.99. The molecule has 1 aromatic heterocycles. The van der Waals surface area contributed by atoms with E-state index in [1.54, 1.807) is 6.20 Å². The zero-order valence-electron chi connectivity index (χ0n) is 12.7. The van der Waals surface area contributed by atoms with Gasteiger partial charge in [0.25, 0.3) is 0 Å². The first-order valence-corrected chi connectivity index (χ1v) is 8.37. The standard InChI is InChI=1S/C15H21N3OS.2ClH/c1-12-4-7-17(8-5-12)15(19)18-9-10-20-14(18)13-3-2-6-16-11-13;;/h2-3,6,11-12,14H,4-5,7-10H2,1H3;2*1H. The third-order valence-electron chi connectivity index (χ3n) is 4.16. The fourth-order valence-corrected chi connectivity index (χ4v) is 4.08. The predicted molar refractivity (Wildman–Crippen MR) is 96.0 cm³/mol. The second kappa shape index (κ2) is 8.85. The van der Waals surface area contributed by atoms with Gasteiger partial charge in [-0.15, -0.1) is 36.6 Å². The molecular weight excluding hydrogens is 341 g/mol. The van der Waals surface area contributed by atoms with Crippen LogP contribution in [0.1, 0.15) is 30.7 Å². The molecule has 2 amide bonds. The van der Waals surface area contributed by atoms with E-state index in [0.717, 1.165) is 49.7 Å². The Kier molecular flexibility index (Phi) is 7.80. The molecule has 0 aliphatic carbocycles. The molecule has 2 aliphatic heterocycles. The van der Waals surface area contributed by atoms with E-state index < -0.39 is 0 Å². The molecule has 0 bridgehead atoms. The molecule has 2 aliphatic rings. The summed E-state index contributed by atoms with van der Waals surface area (Å²) in [6.45, 7) is 4.92. The number of rotatable bonds is 1. The van der Waals surface area contributed by atoms with Crippen molar-refractivity contribution in [1.82, 2.24) is 14.8 Å². The van der Waals surface area contributed by atoms with E-state index in [4.69, 9.17) is 0 Å². The fraction of sp³-hybridized carbons (Fsp3) is 0.600. The summed E-state index contributed by atoms with van der Waals surface area (Å²) in [6, 6.07) is 4.21. The molecule has 3 heterocycles. The lowest BCUT2D eigenvalue weighted by Crippen LogP contribution is -2.46. The van der Waals surface area contributed by atoms with Gasteiger partial charge in [-0.3, -0.25) is 4.98 Å². The van der Waals surface area contributed by atoms with Crippen LogP contribution in [0.3, 0.4) is 0 Å². The summed E-state index contributed by atoms with van der Waals surface area (Å²) in [5.41, 5.74) is 1.13. The largest absolute Gasteiger partial charge is 0.325 e. The smallest absolute Gasteiger partial charge is 0.321 e. The third-order valence-corrected chi connectivity index (χ3v) is 5.42. The van der Waals surface area contributed by atoms with Crippen molar-refractivity contribution in [2.75, 3.05) is 25.4 Å². The van der Waals surface area contributed by atoms with Gasteiger partial charge in [-0.05, 0) is 24.8 Å². The van der Waals surface area contributed by atoms with Gasteiger partial charge in [0, 0.05) is 43.3 Å². The van der Waals surface area contributed by atoms with Gasteiger partial charge in [0.05, 0.1) is 0 Å². The minimum Gasteiger partial charge on any atom is -0.325 e. The van der Waals surface area contributed by atoms with Crippen molar-refractivity contribution in [2.24, 2.45) is 5.92 Å². The van der Waals surface area contributed by atoms with Crippen LogP contribution in [0.4, 0.5) is 4.79 Å². The summed E-state index contributed by atoms with van der Waals surface area (Å²) in [6.07, 6.45) is 5.91. The average Bonchev–Trinajstić information content (AvgIpc) is 2.97. The highest BCUT2D eigenvalue weighted by Gasteiger charge is 2.34. The van der Waals surface area contributed by atoms with Gasteiger partial charge >= 0.3 is 6.03 Å². The first-order valence-electron chi connectivity index (χ1n) is 7.33. The monoisotopic (exact) mass is 363 g/mol. The number of urea groups is 1. The van der Waals surface area contributed by atoms with E-state index in [-0.39, 0.29) is 36.2 Å². The Labute approximate surface area is 148 Å². The highest BCUT2D eigenvalue weighted by molar-refractivity contribution is 7.99. The van der Waals surface area contributed by atoms with E-state index in [1.807, 2.05) is 33.8 Å². The highest BCUT2D eigenvalue weighted by atomic mass is 35.5. The van der Waals surface area contributed by atoms with Crippen molar-refractivity contribution in [3.63, 3.8) is 0 Å². The molecule has 1 aromatic rings. The summed E-state index contributed by atoms with van der Waals surface area (Å²) >= 11 is 1.83. The quantitative estimate of drug-likeness (QED) is 0.760. The molecule has 0 radical (unpaired) electrons. The molecule has 0 saturated carbocycles. The molecule has 7 heteroatoms. The lowest BCUT2D eigenvalue weighted by molar-refractivity contribution is 0.136. The molecule has 124 valence electrons. The number of hydrogen-bond donors (Lipinski definition) is 0. The Hall–Kier alpha value is -0.650. The van der Waals surface area contributed by atoms with Crippen LogP contribution in [0.15, 0.2) is 24.5 Å². The topological polar surface area (TPSA) is 36.4 Å². The van der Waals surface area contributed by atoms with Crippen molar-refractivity contribution in [3.05, 3.63) is 30.1 Å². The highest BCUT2D eigenvalue weighted by Crippen LogP contribution is 2.38. The van der Waals surface area contributed by atoms with Crippen molar-refractivity contribution in [3.8, 4) is 0 Å². The maximum atomic E-state index is 12.7. The van der Waals surface area contributed by atoms with E-state index in [1.165, 1.54) is 0 Å². The number of thioether (sulfide) groups is 1. The Morgan fingerprint density at radius 2 is 2.00 bits per heavy atom. The van der Waals surface area contributed by atoms with Gasteiger partial charge < -0.3 is 9.80 Å². The van der Waals surface area contributed by atoms with Crippen molar-refractivity contribution in [1.29, 1.82) is 0 Å². The molecule has 4 nitrogen and oxygen atoms in total. The zero-order chi connectivity index (χ0) is 13.9. The molecule has 0 spiro atoms. The number of piperidine rings is 1. The third kappa shape index (κ3) is 4.21. The summed E-state index contributed by atoms with van der Waals surface area (Å²) < 4.78 is 0. The molecule has 2 fully saturated rings. The van der Waals surface area contributed by atoms with Crippen LogP contribution in [-0.2, 0) is 0 Å². The van der Waals surface area contributed by atoms with Gasteiger partial charge in [-0.1, -0.05) is 13.0 Å². The molecule has 0 N–H and O–H groups in total. The van der Waals surface area contributed by atoms with Crippen LogP contribution >= 0.6 is 36.6 Å². The second-order valence-electron chi connectivity index (χ2n) is 5.66. The Morgan fingerprint density at radius 3 is 2.64 bits per heavy atom. The van der Waals surface area contributed by atoms with E-state index in [2.05, 4.69) is 18.0 Å². The first kappa shape index (κ1) is 19.4. The maximum Gasteiger partial charge on any atom is 0.321 e. The first-order chi connectivity index (χ1) is 9.75. The summed E-state index contributed by atoms with van der Waals surface area (Å²) in [4.78, 5) is 20.9. The second-order valence-corrected chi connectivity index (χ2v) is 6.84. The number of amides is 2. The van der Waals surface area contributed by atoms with Crippen LogP contribution < -0.4 is 0 Å². The van der Waals surface area contributed by atoms with Crippen LogP contribution in [0.5, 0.6) is 0 Å². The number of aromatic nitrogens is 1. The molecule has 1 unspecified atom stereocenters. The van der Waals surface area contributed by atoms with Crippen LogP contribution in [-0.4, -0.2) is 46.2 Å². The lowest BCUT2D eigenvalue weighted by Gasteiger charge is -2.35. The maximum absolute atomic E-state index is 12.7. The predicted octanol–water partition coefficient (Wildman–Crippen LogP) is 3.82. The summed E-state index contributed by atoms with van der Waals surface area (Å²) in [5, 5.41) is 0.135. The Morgan fingerprint density at radius 1 is 1.27 bits per heavy atom. The van der Waals surface area contributed by atoms with Gasteiger partial charge in [0.1, 0.15) is 5.37 Å². The van der Waals surface area contributed by atoms with Crippen molar-refractivity contribution in [2.45, 2.75) is 25.1 Å². The normalized spacial score (nSPS) is 22.0. The summed E-state index contributed by atoms with van der Waals surface area (Å²) in [7, 11) is 0. The number of halogens is 2. The number of pyridine rings is 1. The SMILES string of the molecule is CC1CCN(C(=O)N2CCSC2c2cccnc2)CC1.Cl.Cl. The minimum absolute atomic E-state index is 0. The van der Waals surface area contributed by atoms with E-state index in [9.17, 15) is 4.79 Å². The van der Waals surface area contributed by atoms with Crippen LogP contribution in [0.25, 0.3) is 0 Å². The molecule has 3 rings (SSSR count). The van der Waals surface area contributed by atoms with Gasteiger partial charge in [-0.25, -0.2) is 4.79 Å². The van der Waals surface area contributed by atoms with E-state index in [0.29, 0.717) is 0 Å². The Balaban J connectivity index is 0.00000121. The number of likely N-dealkylation sites (tertiary alicyclic amines) is 1. The molecule has 2 saturated heterocycles. The zero-order valence-corrected chi connectivity index (χ0v) is 15.1. The minimum atomic E-state index is 0. The Bertz CT molecular complexity index is 469. The molecular formula is C15H23Cl2N3OS. The summed E-state index contributed by atoms with van der Waals surface area (Å²) in [5.74, 6) is 1.76. The number of carbonyl (C=O) groups excluding carboxylic acids is 1. The molecule has 1 atom stereocenters. The number of carbonyl (C=O) groups is 1. The van der Waals surface area contributed by atoms with Crippen molar-refractivity contribution >= 4 is 42.6 Å². The average molecular weight is 364 g/mol. The molecule has 0 aromatic carbocycles. The fourth-order valence-electron chi connectivity index (χ4n) is 2.85. The van der Waals surface area contributed by atoms with Crippen LogP contribution in [0.2, 0.25) is 0 Å². The van der Waals surface area contributed by atoms with E-state index >= 15 is 0 Å². The van der Waals surface area contributed by atoms with Gasteiger partial charge in [0.15, 0.2) is 0 Å². The van der Waals surface area contributed by atoms with Crippen LogP contribution in [0, 0.1) is 5.92 Å². The van der Waals surface area contributed by atoms with Crippen molar-refractivity contribution < 1.29 is 4.79 Å². The number of nitrogens with zero attached hydrogens (tertiary/aromatic N) is 3. The van der Waals surface area contributed by atoms with Gasteiger partial charge in [0.2, 0.25) is 0 Å².